The highest BCUT2D eigenvalue weighted by Crippen LogP contribution is 2.31. The molecule has 2 aromatic rings. The van der Waals surface area contributed by atoms with E-state index in [1.165, 1.54) is 9.91 Å². The number of anilines is 1. The van der Waals surface area contributed by atoms with E-state index in [2.05, 4.69) is 5.10 Å². The number of ether oxygens (including phenoxy) is 2. The predicted octanol–water partition coefficient (Wildman–Crippen LogP) is 1.40. The summed E-state index contributed by atoms with van der Waals surface area (Å²) >= 11 is 0. The Balaban J connectivity index is 1.45. The van der Waals surface area contributed by atoms with E-state index in [1.807, 2.05) is 54.6 Å². The van der Waals surface area contributed by atoms with Crippen molar-refractivity contribution >= 4 is 23.2 Å². The van der Waals surface area contributed by atoms with Crippen molar-refractivity contribution in [2.45, 2.75) is 18.6 Å². The van der Waals surface area contributed by atoms with E-state index >= 15 is 0 Å². The van der Waals surface area contributed by atoms with E-state index in [1.54, 1.807) is 7.05 Å². The molecule has 0 aromatic heterocycles. The van der Waals surface area contributed by atoms with Crippen molar-refractivity contribution < 1.29 is 19.1 Å². The van der Waals surface area contributed by atoms with Crippen molar-refractivity contribution in [1.29, 1.82) is 0 Å². The van der Waals surface area contributed by atoms with Gasteiger partial charge in [-0.2, -0.15) is 5.10 Å². The number of carbonyl (C=O) groups excluding carboxylic acids is 2. The van der Waals surface area contributed by atoms with Gasteiger partial charge in [0.1, 0.15) is 18.4 Å². The molecular weight excluding hydrogens is 372 g/mol. The van der Waals surface area contributed by atoms with Gasteiger partial charge >= 0.3 is 0 Å². The highest BCUT2D eigenvalue weighted by atomic mass is 16.6. The number of hydrogen-bond acceptors (Lipinski definition) is 6. The molecule has 8 heteroatoms. The molecule has 0 spiro atoms. The van der Waals surface area contributed by atoms with Crippen molar-refractivity contribution in [1.82, 2.24) is 4.90 Å². The second-order valence-electron chi connectivity index (χ2n) is 7.03. The topological polar surface area (TPSA) is 97.5 Å². The van der Waals surface area contributed by atoms with Gasteiger partial charge in [0.25, 0.3) is 5.91 Å². The molecule has 4 rings (SSSR count). The lowest BCUT2D eigenvalue weighted by Crippen LogP contribution is -2.44. The molecule has 150 valence electrons. The molecule has 2 aliphatic rings. The Kier molecular flexibility index (Phi) is 5.07. The van der Waals surface area contributed by atoms with Crippen molar-refractivity contribution in [3.05, 3.63) is 54.6 Å². The molecule has 2 amide bonds. The largest absolute Gasteiger partial charge is 0.486 e. The fraction of sp³-hybridized carbons (Fsp3) is 0.286. The van der Waals surface area contributed by atoms with Gasteiger partial charge in [-0.1, -0.05) is 30.3 Å². The zero-order valence-electron chi connectivity index (χ0n) is 16.0. The third kappa shape index (κ3) is 3.87. The fourth-order valence-corrected chi connectivity index (χ4v) is 3.44. The van der Waals surface area contributed by atoms with Crippen LogP contribution < -0.4 is 20.2 Å². The number of primary amides is 1. The monoisotopic (exact) mass is 394 g/mol. The summed E-state index contributed by atoms with van der Waals surface area (Å²) in [7, 11) is 1.68. The maximum atomic E-state index is 12.9. The number of hydrazone groups is 1. The molecule has 2 heterocycles. The lowest BCUT2D eigenvalue weighted by atomic mass is 10.1. The summed E-state index contributed by atoms with van der Waals surface area (Å²) in [4.78, 5) is 26.4. The Labute approximate surface area is 168 Å². The summed E-state index contributed by atoms with van der Waals surface area (Å²) in [6, 6.07) is 15.9. The molecule has 0 saturated heterocycles. The Morgan fingerprint density at radius 1 is 1.14 bits per heavy atom. The first-order chi connectivity index (χ1) is 14.0. The smallest absolute Gasteiger partial charge is 0.270 e. The number of rotatable bonds is 5. The van der Waals surface area contributed by atoms with E-state index in [-0.39, 0.29) is 24.1 Å². The highest BCUT2D eigenvalue weighted by Gasteiger charge is 2.36. The molecule has 0 radical (unpaired) electrons. The van der Waals surface area contributed by atoms with Crippen molar-refractivity contribution in [2.24, 2.45) is 10.8 Å². The van der Waals surface area contributed by atoms with Crippen LogP contribution in [-0.4, -0.2) is 54.8 Å². The minimum atomic E-state index is -0.689. The first-order valence-electron chi connectivity index (χ1n) is 9.38. The summed E-state index contributed by atoms with van der Waals surface area (Å²) in [5, 5.41) is 5.91. The number of fused-ring (bicyclic) bond motifs is 1. The van der Waals surface area contributed by atoms with Crippen LogP contribution in [0.5, 0.6) is 11.5 Å². The highest BCUT2D eigenvalue weighted by molar-refractivity contribution is 6.40. The second-order valence-corrected chi connectivity index (χ2v) is 7.03. The number of likely N-dealkylation sites (N-methyl/N-ethyl adjacent to an activating group) is 1. The van der Waals surface area contributed by atoms with E-state index in [0.29, 0.717) is 30.3 Å². The van der Waals surface area contributed by atoms with Crippen LogP contribution in [0, 0.1) is 0 Å². The van der Waals surface area contributed by atoms with Gasteiger partial charge in [-0.25, -0.2) is 0 Å². The zero-order chi connectivity index (χ0) is 20.4. The summed E-state index contributed by atoms with van der Waals surface area (Å²) in [6.45, 7) is 0.680. The molecule has 0 aliphatic carbocycles. The predicted molar refractivity (Wildman–Crippen MR) is 108 cm³/mol. The minimum Gasteiger partial charge on any atom is -0.486 e. The Hall–Kier alpha value is -3.55. The molecule has 0 saturated carbocycles. The maximum Gasteiger partial charge on any atom is 0.270 e. The quantitative estimate of drug-likeness (QED) is 0.827. The van der Waals surface area contributed by atoms with E-state index < -0.39 is 11.9 Å². The van der Waals surface area contributed by atoms with Gasteiger partial charge in [0.15, 0.2) is 17.6 Å². The van der Waals surface area contributed by atoms with Gasteiger partial charge < -0.3 is 20.1 Å². The first-order valence-corrected chi connectivity index (χ1v) is 9.38. The lowest BCUT2D eigenvalue weighted by molar-refractivity contribution is -0.124. The number of nitrogens with zero attached hydrogens (tertiary/aromatic N) is 3. The van der Waals surface area contributed by atoms with Crippen molar-refractivity contribution in [3.63, 3.8) is 0 Å². The number of para-hydroxylation sites is 3. The number of nitrogens with two attached hydrogens (primary N) is 1. The number of hydrogen-bond donors (Lipinski definition) is 1. The lowest BCUT2D eigenvalue weighted by Gasteiger charge is -2.29. The second kappa shape index (κ2) is 7.83. The SMILES string of the molecule is CN(C[C@H]1COc2ccccc2O1)C(=O)C1=NN(c2ccccc2)[C@@H](C(N)=O)C1. The van der Waals surface area contributed by atoms with E-state index in [9.17, 15) is 9.59 Å². The summed E-state index contributed by atoms with van der Waals surface area (Å²) < 4.78 is 11.6. The first kappa shape index (κ1) is 18.8. The van der Waals surface area contributed by atoms with Crippen LogP contribution in [0.1, 0.15) is 6.42 Å². The van der Waals surface area contributed by atoms with Gasteiger partial charge in [0, 0.05) is 13.5 Å². The van der Waals surface area contributed by atoms with Gasteiger partial charge in [0.2, 0.25) is 5.91 Å². The molecule has 2 aliphatic heterocycles. The molecule has 0 fully saturated rings. The Morgan fingerprint density at radius 2 is 1.83 bits per heavy atom. The number of benzene rings is 2. The van der Waals surface area contributed by atoms with E-state index in [4.69, 9.17) is 15.2 Å². The molecule has 2 aromatic carbocycles. The molecule has 0 bridgehead atoms. The Morgan fingerprint density at radius 3 is 2.55 bits per heavy atom. The van der Waals surface area contributed by atoms with Crippen LogP contribution in [-0.2, 0) is 9.59 Å². The van der Waals surface area contributed by atoms with Crippen molar-refractivity contribution in [2.75, 3.05) is 25.2 Å². The average Bonchev–Trinajstić information content (AvgIpc) is 3.19. The normalized spacial score (nSPS) is 20.2. The van der Waals surface area contributed by atoms with Crippen LogP contribution >= 0.6 is 0 Å². The third-order valence-electron chi connectivity index (χ3n) is 4.90. The summed E-state index contributed by atoms with van der Waals surface area (Å²) in [5.74, 6) is 0.563. The van der Waals surface area contributed by atoms with Gasteiger partial charge in [-0.15, -0.1) is 0 Å². The molecule has 29 heavy (non-hydrogen) atoms. The van der Waals surface area contributed by atoms with Crippen LogP contribution in [0.2, 0.25) is 0 Å². The number of carbonyl (C=O) groups is 2. The standard InChI is InChI=1S/C21H22N4O4/c1-24(12-15-13-28-18-9-5-6-10-19(18)29-15)21(27)16-11-17(20(22)26)25(23-16)14-7-3-2-4-8-14/h2-10,15,17H,11-13H2,1H3,(H2,22,26)/t15-,17+/m0/s1. The van der Waals surface area contributed by atoms with E-state index in [0.717, 1.165) is 0 Å². The van der Waals surface area contributed by atoms with Crippen LogP contribution in [0.3, 0.4) is 0 Å². The average molecular weight is 394 g/mol. The molecule has 2 N–H and O–H groups in total. The maximum absolute atomic E-state index is 12.9. The molecule has 8 nitrogen and oxygen atoms in total. The molecule has 2 atom stereocenters. The number of amides is 2. The summed E-state index contributed by atoms with van der Waals surface area (Å²) in [5.41, 5.74) is 6.54. The minimum absolute atomic E-state index is 0.165. The van der Waals surface area contributed by atoms with Gasteiger partial charge in [-0.05, 0) is 24.3 Å². The zero-order valence-corrected chi connectivity index (χ0v) is 16.0. The fourth-order valence-electron chi connectivity index (χ4n) is 3.44. The van der Waals surface area contributed by atoms with Gasteiger partial charge in [0.05, 0.1) is 12.2 Å². The van der Waals surface area contributed by atoms with Crippen molar-refractivity contribution in [3.8, 4) is 11.5 Å². The third-order valence-corrected chi connectivity index (χ3v) is 4.90. The summed E-state index contributed by atoms with van der Waals surface area (Å²) in [6.07, 6.45) is -0.129. The van der Waals surface area contributed by atoms with Crippen LogP contribution in [0.25, 0.3) is 0 Å². The molecular formula is C21H22N4O4. The Bertz CT molecular complexity index is 947. The van der Waals surface area contributed by atoms with Crippen LogP contribution in [0.15, 0.2) is 59.7 Å². The molecule has 0 unspecified atom stereocenters. The van der Waals surface area contributed by atoms with Gasteiger partial charge in [-0.3, -0.25) is 14.6 Å². The van der Waals surface area contributed by atoms with Crippen LogP contribution in [0.4, 0.5) is 5.69 Å².